The van der Waals surface area contributed by atoms with E-state index >= 15 is 0 Å². The summed E-state index contributed by atoms with van der Waals surface area (Å²) in [5.41, 5.74) is 0.669. The van der Waals surface area contributed by atoms with Crippen LogP contribution in [0, 0.1) is 0 Å². The first-order chi connectivity index (χ1) is 13.2. The van der Waals surface area contributed by atoms with Gasteiger partial charge in [0.2, 0.25) is 12.0 Å². The normalized spacial score (nSPS) is 15.4. The largest absolute Gasteiger partial charge is 0.485 e. The maximum atomic E-state index is 12.0. The first-order valence-corrected chi connectivity index (χ1v) is 9.44. The summed E-state index contributed by atoms with van der Waals surface area (Å²) in [7, 11) is 0. The summed E-state index contributed by atoms with van der Waals surface area (Å²) >= 11 is 6.97. The topological polar surface area (TPSA) is 86.5 Å². The summed E-state index contributed by atoms with van der Waals surface area (Å²) < 4.78 is 17.1. The first-order valence-electron chi connectivity index (χ1n) is 8.07. The van der Waals surface area contributed by atoms with Crippen molar-refractivity contribution in [1.82, 2.24) is 10.2 Å². The number of hydrogen-bond acceptors (Lipinski definition) is 7. The zero-order valence-corrected chi connectivity index (χ0v) is 15.5. The summed E-state index contributed by atoms with van der Waals surface area (Å²) in [6.45, 7) is 0.278. The van der Waals surface area contributed by atoms with Gasteiger partial charge in [0, 0.05) is 10.7 Å². The van der Waals surface area contributed by atoms with Gasteiger partial charge in [-0.25, -0.2) is 0 Å². The molecule has 0 fully saturated rings. The Bertz CT molecular complexity index is 948. The zero-order valence-electron chi connectivity index (χ0n) is 13.9. The number of ether oxygens (including phenoxy) is 2. The van der Waals surface area contributed by atoms with Crippen molar-refractivity contribution in [2.24, 2.45) is 0 Å². The van der Waals surface area contributed by atoms with Crippen molar-refractivity contribution in [3.63, 3.8) is 0 Å². The van der Waals surface area contributed by atoms with Gasteiger partial charge < -0.3 is 19.2 Å². The molecular formula is C18H14ClN3O4S. The molecule has 3 aromatic rings. The van der Waals surface area contributed by atoms with Gasteiger partial charge in [-0.2, -0.15) is 0 Å². The number of carbonyl (C=O) groups excluding carboxylic acids is 1. The molecule has 1 aliphatic rings. The lowest BCUT2D eigenvalue weighted by atomic mass is 10.2. The van der Waals surface area contributed by atoms with E-state index < -0.39 is 6.10 Å². The van der Waals surface area contributed by atoms with E-state index in [-0.39, 0.29) is 18.3 Å². The van der Waals surface area contributed by atoms with E-state index in [1.54, 1.807) is 24.3 Å². The fourth-order valence-electron chi connectivity index (χ4n) is 2.41. The quantitative estimate of drug-likeness (QED) is 0.645. The number of benzene rings is 2. The lowest BCUT2D eigenvalue weighted by Gasteiger charge is -2.23. The summed E-state index contributed by atoms with van der Waals surface area (Å²) in [5.74, 6) is 1.57. The third-order valence-electron chi connectivity index (χ3n) is 3.66. The van der Waals surface area contributed by atoms with Crippen LogP contribution in [0.2, 0.25) is 5.02 Å². The average Bonchev–Trinajstić information content (AvgIpc) is 3.17. The van der Waals surface area contributed by atoms with Gasteiger partial charge in [0.05, 0.1) is 5.75 Å². The van der Waals surface area contributed by atoms with E-state index in [1.807, 2.05) is 24.3 Å². The van der Waals surface area contributed by atoms with E-state index in [0.29, 0.717) is 33.3 Å². The number of para-hydroxylation sites is 2. The Balaban J connectivity index is 1.32. The third-order valence-corrected chi connectivity index (χ3v) is 4.73. The van der Waals surface area contributed by atoms with Gasteiger partial charge in [-0.3, -0.25) is 4.79 Å². The highest BCUT2D eigenvalue weighted by Gasteiger charge is 2.27. The van der Waals surface area contributed by atoms with Crippen molar-refractivity contribution in [3.05, 3.63) is 59.4 Å². The van der Waals surface area contributed by atoms with Crippen LogP contribution < -0.4 is 14.8 Å². The van der Waals surface area contributed by atoms with Gasteiger partial charge in [-0.1, -0.05) is 35.5 Å². The number of anilines is 1. The molecule has 1 atom stereocenters. The molecule has 1 amide bonds. The molecule has 1 N–H and O–H groups in total. The molecule has 7 nitrogen and oxygen atoms in total. The molecule has 0 unspecified atom stereocenters. The van der Waals surface area contributed by atoms with Crippen LogP contribution in [0.25, 0.3) is 0 Å². The molecule has 0 spiro atoms. The predicted molar refractivity (Wildman–Crippen MR) is 100 cm³/mol. The Morgan fingerprint density at radius 2 is 1.93 bits per heavy atom. The molecule has 27 heavy (non-hydrogen) atoms. The van der Waals surface area contributed by atoms with Gasteiger partial charge >= 0.3 is 0 Å². The maximum Gasteiger partial charge on any atom is 0.277 e. The van der Waals surface area contributed by atoms with E-state index in [0.717, 1.165) is 11.8 Å². The molecule has 2 heterocycles. The van der Waals surface area contributed by atoms with Crippen molar-refractivity contribution in [1.29, 1.82) is 0 Å². The molecule has 0 aliphatic carbocycles. The SMILES string of the molecule is O=C(CSc1nnc([C@@H]2COc3ccccc3O2)o1)Nc1ccc(Cl)cc1. The highest BCUT2D eigenvalue weighted by Crippen LogP contribution is 2.35. The summed E-state index contributed by atoms with van der Waals surface area (Å²) in [6.07, 6.45) is -0.482. The second kappa shape index (κ2) is 7.89. The minimum atomic E-state index is -0.482. The predicted octanol–water partition coefficient (Wildman–Crippen LogP) is 3.97. The van der Waals surface area contributed by atoms with Crippen molar-refractivity contribution < 1.29 is 18.7 Å². The van der Waals surface area contributed by atoms with Crippen molar-refractivity contribution in [3.8, 4) is 11.5 Å². The highest BCUT2D eigenvalue weighted by molar-refractivity contribution is 7.99. The zero-order chi connectivity index (χ0) is 18.6. The average molecular weight is 404 g/mol. The summed E-state index contributed by atoms with van der Waals surface area (Å²) in [4.78, 5) is 12.0. The Morgan fingerprint density at radius 3 is 2.74 bits per heavy atom. The van der Waals surface area contributed by atoms with Gasteiger partial charge in [-0.15, -0.1) is 10.2 Å². The second-order valence-electron chi connectivity index (χ2n) is 5.61. The van der Waals surface area contributed by atoms with Crippen LogP contribution >= 0.6 is 23.4 Å². The second-order valence-corrected chi connectivity index (χ2v) is 6.98. The molecule has 1 aliphatic heterocycles. The first kappa shape index (κ1) is 17.7. The van der Waals surface area contributed by atoms with Crippen LogP contribution in [0.5, 0.6) is 11.5 Å². The number of halogens is 1. The molecule has 138 valence electrons. The number of rotatable bonds is 5. The number of carbonyl (C=O) groups is 1. The fraction of sp³-hybridized carbons (Fsp3) is 0.167. The molecule has 0 bridgehead atoms. The Kier molecular flexibility index (Phi) is 5.17. The monoisotopic (exact) mass is 403 g/mol. The Morgan fingerprint density at radius 1 is 1.15 bits per heavy atom. The lowest BCUT2D eigenvalue weighted by molar-refractivity contribution is -0.113. The Labute approximate surface area is 164 Å². The lowest BCUT2D eigenvalue weighted by Crippen LogP contribution is -2.21. The van der Waals surface area contributed by atoms with Crippen LogP contribution in [0.1, 0.15) is 12.0 Å². The third kappa shape index (κ3) is 4.35. The number of thioether (sulfide) groups is 1. The van der Waals surface area contributed by atoms with Gasteiger partial charge in [0.25, 0.3) is 11.1 Å². The Hall–Kier alpha value is -2.71. The van der Waals surface area contributed by atoms with Crippen LogP contribution in [0.15, 0.2) is 58.2 Å². The van der Waals surface area contributed by atoms with Gasteiger partial charge in [0.15, 0.2) is 11.5 Å². The number of aromatic nitrogens is 2. The van der Waals surface area contributed by atoms with E-state index in [2.05, 4.69) is 15.5 Å². The van der Waals surface area contributed by atoms with E-state index in [4.69, 9.17) is 25.5 Å². The minimum absolute atomic E-state index is 0.134. The molecule has 2 aromatic carbocycles. The van der Waals surface area contributed by atoms with E-state index in [9.17, 15) is 4.79 Å². The standard InChI is InChI=1S/C18H14ClN3O4S/c19-11-5-7-12(8-6-11)20-16(23)10-27-18-22-21-17(26-18)15-9-24-13-3-1-2-4-14(13)25-15/h1-8,15H,9-10H2,(H,20,23)/t15-/m0/s1. The molecule has 1 aromatic heterocycles. The molecule has 4 rings (SSSR count). The van der Waals surface area contributed by atoms with Gasteiger partial charge in [0.1, 0.15) is 6.61 Å². The molecule has 9 heteroatoms. The number of nitrogens with zero attached hydrogens (tertiary/aromatic N) is 2. The number of hydrogen-bond donors (Lipinski definition) is 1. The summed E-state index contributed by atoms with van der Waals surface area (Å²) in [6, 6.07) is 14.3. The number of nitrogens with one attached hydrogen (secondary N) is 1. The minimum Gasteiger partial charge on any atom is -0.485 e. The number of amides is 1. The van der Waals surface area contributed by atoms with Crippen molar-refractivity contribution in [2.45, 2.75) is 11.3 Å². The van der Waals surface area contributed by atoms with E-state index in [1.165, 1.54) is 0 Å². The van der Waals surface area contributed by atoms with Gasteiger partial charge in [-0.05, 0) is 36.4 Å². The molecule has 0 saturated carbocycles. The van der Waals surface area contributed by atoms with Crippen LogP contribution in [-0.4, -0.2) is 28.5 Å². The maximum absolute atomic E-state index is 12.0. The fourth-order valence-corrected chi connectivity index (χ4v) is 3.10. The smallest absolute Gasteiger partial charge is 0.277 e. The molecule has 0 radical (unpaired) electrons. The van der Waals surface area contributed by atoms with Crippen LogP contribution in [0.4, 0.5) is 5.69 Å². The van der Waals surface area contributed by atoms with Crippen molar-refractivity contribution >= 4 is 35.0 Å². The van der Waals surface area contributed by atoms with Crippen molar-refractivity contribution in [2.75, 3.05) is 17.7 Å². The molecular weight excluding hydrogens is 390 g/mol. The van der Waals surface area contributed by atoms with Crippen LogP contribution in [0.3, 0.4) is 0 Å². The van der Waals surface area contributed by atoms with Crippen LogP contribution in [-0.2, 0) is 4.79 Å². The highest BCUT2D eigenvalue weighted by atomic mass is 35.5. The summed E-state index contributed by atoms with van der Waals surface area (Å²) in [5, 5.41) is 11.6. The number of fused-ring (bicyclic) bond motifs is 1. The molecule has 0 saturated heterocycles.